The first-order chi connectivity index (χ1) is 17.4. The average molecular weight is 532 g/mol. The molecule has 1 amide bonds. The fourth-order valence-electron chi connectivity index (χ4n) is 4.60. The summed E-state index contributed by atoms with van der Waals surface area (Å²) in [5, 5.41) is 10.4. The largest absolute Gasteiger partial charge is 0.465 e. The Labute approximate surface area is 209 Å². The van der Waals surface area contributed by atoms with Gasteiger partial charge in [-0.15, -0.1) is 0 Å². The van der Waals surface area contributed by atoms with Gasteiger partial charge in [0.1, 0.15) is 5.76 Å². The molecule has 2 heterocycles. The van der Waals surface area contributed by atoms with Gasteiger partial charge < -0.3 is 14.8 Å². The molecule has 2 aromatic heterocycles. The van der Waals surface area contributed by atoms with Gasteiger partial charge in [-0.2, -0.15) is 18.2 Å². The molecule has 1 fully saturated rings. The summed E-state index contributed by atoms with van der Waals surface area (Å²) in [5.41, 5.74) is -1.06. The Hall–Kier alpha value is -3.93. The van der Waals surface area contributed by atoms with Crippen LogP contribution in [0.5, 0.6) is 0 Å². The average Bonchev–Trinajstić information content (AvgIpc) is 3.19. The highest BCUT2D eigenvalue weighted by Crippen LogP contribution is 2.46. The van der Waals surface area contributed by atoms with Crippen molar-refractivity contribution in [1.29, 1.82) is 0 Å². The van der Waals surface area contributed by atoms with Gasteiger partial charge in [0.05, 0.1) is 10.9 Å². The fraction of sp³-hybridized carbons (Fsp3) is 0.240. The predicted molar refractivity (Wildman–Crippen MR) is 127 cm³/mol. The molecule has 0 saturated heterocycles. The van der Waals surface area contributed by atoms with Crippen LogP contribution in [0.25, 0.3) is 33.6 Å². The van der Waals surface area contributed by atoms with E-state index in [1.807, 2.05) is 0 Å². The topological polar surface area (TPSA) is 122 Å². The molecule has 1 aliphatic carbocycles. The van der Waals surface area contributed by atoms with Crippen molar-refractivity contribution in [3.05, 3.63) is 65.9 Å². The number of nitrogens with zero attached hydrogens (tertiary/aromatic N) is 2. The third kappa shape index (κ3) is 4.41. The lowest BCUT2D eigenvalue weighted by Crippen LogP contribution is -2.50. The fourth-order valence-corrected chi connectivity index (χ4v) is 5.10. The van der Waals surface area contributed by atoms with E-state index in [4.69, 9.17) is 4.42 Å². The summed E-state index contributed by atoms with van der Waals surface area (Å²) >= 11 is 0. The van der Waals surface area contributed by atoms with Crippen LogP contribution in [-0.2, 0) is 21.6 Å². The molecular weight excluding hydrogens is 511 g/mol. The van der Waals surface area contributed by atoms with E-state index in [2.05, 4.69) is 15.3 Å². The molecule has 0 unspecified atom stereocenters. The van der Waals surface area contributed by atoms with Crippen LogP contribution in [0.2, 0.25) is 0 Å². The number of carbonyl (C=O) groups is 1. The number of nitrogens with one attached hydrogen (secondary N) is 1. The van der Waals surface area contributed by atoms with Crippen molar-refractivity contribution >= 4 is 27.0 Å². The zero-order valence-corrected chi connectivity index (χ0v) is 20.2. The lowest BCUT2D eigenvalue weighted by Gasteiger charge is -2.42. The third-order valence-electron chi connectivity index (χ3n) is 6.45. The molecular formula is C25H20F3N3O5S. The number of halogens is 3. The normalized spacial score (nSPS) is 15.4. The summed E-state index contributed by atoms with van der Waals surface area (Å²) in [7, 11) is -4.18. The molecule has 0 bridgehead atoms. The summed E-state index contributed by atoms with van der Waals surface area (Å²) in [5.74, 6) is 0.0482. The monoisotopic (exact) mass is 531 g/mol. The summed E-state index contributed by atoms with van der Waals surface area (Å²) in [6.07, 6.45) is -3.32. The Balaban J connectivity index is 1.76. The van der Waals surface area contributed by atoms with E-state index in [1.165, 1.54) is 0 Å². The highest BCUT2D eigenvalue weighted by molar-refractivity contribution is 7.90. The summed E-state index contributed by atoms with van der Waals surface area (Å²) in [6.45, 7) is 0. The Bertz CT molecular complexity index is 1610. The van der Waals surface area contributed by atoms with Crippen molar-refractivity contribution in [2.75, 3.05) is 6.26 Å². The minimum absolute atomic E-state index is 0.0482. The van der Waals surface area contributed by atoms with Gasteiger partial charge in [0.25, 0.3) is 5.16 Å². The molecule has 37 heavy (non-hydrogen) atoms. The van der Waals surface area contributed by atoms with Crippen LogP contribution in [0.1, 0.15) is 30.5 Å². The number of hydrogen-bond acceptors (Lipinski definition) is 6. The zero-order valence-electron chi connectivity index (χ0n) is 19.3. The second-order valence-corrected chi connectivity index (χ2v) is 10.8. The van der Waals surface area contributed by atoms with Crippen LogP contribution < -0.4 is 5.32 Å². The molecule has 8 nitrogen and oxygen atoms in total. The van der Waals surface area contributed by atoms with E-state index in [9.17, 15) is 31.5 Å². The first-order valence-corrected chi connectivity index (χ1v) is 13.1. The van der Waals surface area contributed by atoms with Crippen molar-refractivity contribution in [2.24, 2.45) is 0 Å². The first kappa shape index (κ1) is 24.8. The van der Waals surface area contributed by atoms with Crippen molar-refractivity contribution < 1.29 is 35.9 Å². The van der Waals surface area contributed by atoms with Gasteiger partial charge in [0.2, 0.25) is 15.6 Å². The standard InChI is InChI=1S/C25H20F3N3O5S/c1-37(34,35)22-29-20(25(26,27)28)18-17(14-6-3-2-4-7-14)19(36-21(18)30-22)15-8-10-16(11-9-15)24(12-5-13-24)31-23(32)33/h2-4,6-11,31H,5,12-13H2,1H3,(H,32,33). The molecule has 0 atom stereocenters. The molecule has 0 spiro atoms. The maximum atomic E-state index is 14.1. The van der Waals surface area contributed by atoms with Gasteiger partial charge in [0.15, 0.2) is 5.69 Å². The predicted octanol–water partition coefficient (Wildman–Crippen LogP) is 5.63. The van der Waals surface area contributed by atoms with Crippen LogP contribution in [0.3, 0.4) is 0 Å². The van der Waals surface area contributed by atoms with Gasteiger partial charge >= 0.3 is 12.3 Å². The minimum Gasteiger partial charge on any atom is -0.465 e. The second-order valence-electron chi connectivity index (χ2n) is 8.92. The van der Waals surface area contributed by atoms with Crippen LogP contribution in [0, 0.1) is 0 Å². The van der Waals surface area contributed by atoms with E-state index >= 15 is 0 Å². The zero-order chi connectivity index (χ0) is 26.6. The molecule has 1 saturated carbocycles. The van der Waals surface area contributed by atoms with Gasteiger partial charge in [-0.3, -0.25) is 0 Å². The number of rotatable bonds is 5. The maximum absolute atomic E-state index is 14.1. The van der Waals surface area contributed by atoms with E-state index in [1.54, 1.807) is 54.6 Å². The van der Waals surface area contributed by atoms with Gasteiger partial charge in [-0.25, -0.2) is 18.2 Å². The third-order valence-corrected chi connectivity index (χ3v) is 7.29. The lowest BCUT2D eigenvalue weighted by atomic mass is 9.71. The van der Waals surface area contributed by atoms with E-state index in [-0.39, 0.29) is 11.3 Å². The number of fused-ring (bicyclic) bond motifs is 1. The Kier molecular flexibility index (Phi) is 5.74. The number of carboxylic acid groups (broad SMARTS) is 1. The SMILES string of the molecule is CS(=O)(=O)c1nc(C(F)(F)F)c2c(-c3ccccc3)c(-c3ccc(C4(NC(=O)O)CCC4)cc3)oc2n1. The maximum Gasteiger partial charge on any atom is 0.434 e. The number of hydrogen-bond donors (Lipinski definition) is 2. The molecule has 5 rings (SSSR count). The van der Waals surface area contributed by atoms with Crippen LogP contribution >= 0.6 is 0 Å². The minimum atomic E-state index is -4.99. The Morgan fingerprint density at radius 1 is 1.03 bits per heavy atom. The molecule has 2 N–H and O–H groups in total. The smallest absolute Gasteiger partial charge is 0.434 e. The number of benzene rings is 2. The molecule has 1 aliphatic rings. The Morgan fingerprint density at radius 2 is 1.68 bits per heavy atom. The van der Waals surface area contributed by atoms with E-state index < -0.39 is 49.6 Å². The number of amides is 1. The molecule has 12 heteroatoms. The van der Waals surface area contributed by atoms with Crippen LogP contribution in [-0.4, -0.2) is 35.8 Å². The molecule has 0 radical (unpaired) electrons. The number of furan rings is 1. The highest BCUT2D eigenvalue weighted by atomic mass is 32.2. The highest BCUT2D eigenvalue weighted by Gasteiger charge is 2.41. The van der Waals surface area contributed by atoms with Crippen molar-refractivity contribution in [3.8, 4) is 22.5 Å². The lowest BCUT2D eigenvalue weighted by molar-refractivity contribution is -0.140. The van der Waals surface area contributed by atoms with Crippen molar-refractivity contribution in [1.82, 2.24) is 15.3 Å². The molecule has 4 aromatic rings. The summed E-state index contributed by atoms with van der Waals surface area (Å²) in [6, 6.07) is 14.9. The molecule has 2 aromatic carbocycles. The second kappa shape index (κ2) is 8.58. The van der Waals surface area contributed by atoms with E-state index in [0.717, 1.165) is 18.2 Å². The van der Waals surface area contributed by atoms with Crippen LogP contribution in [0.15, 0.2) is 64.2 Å². The van der Waals surface area contributed by atoms with Crippen LogP contribution in [0.4, 0.5) is 18.0 Å². The number of sulfone groups is 1. The van der Waals surface area contributed by atoms with E-state index in [0.29, 0.717) is 24.0 Å². The quantitative estimate of drug-likeness (QED) is 0.320. The summed E-state index contributed by atoms with van der Waals surface area (Å²) in [4.78, 5) is 18.5. The summed E-state index contributed by atoms with van der Waals surface area (Å²) < 4.78 is 72.3. The van der Waals surface area contributed by atoms with Crippen molar-refractivity contribution in [3.63, 3.8) is 0 Å². The number of alkyl halides is 3. The first-order valence-electron chi connectivity index (χ1n) is 11.2. The van der Waals surface area contributed by atoms with Gasteiger partial charge in [0, 0.05) is 17.4 Å². The van der Waals surface area contributed by atoms with Gasteiger partial charge in [-0.05, 0) is 30.4 Å². The van der Waals surface area contributed by atoms with Gasteiger partial charge in [-0.1, -0.05) is 54.6 Å². The molecule has 0 aliphatic heterocycles. The molecule has 192 valence electrons. The Morgan fingerprint density at radius 3 is 2.19 bits per heavy atom. The van der Waals surface area contributed by atoms with Crippen molar-refractivity contribution in [2.45, 2.75) is 36.1 Å². The number of aromatic nitrogens is 2.